The van der Waals surface area contributed by atoms with Crippen molar-refractivity contribution in [3.8, 4) is 11.5 Å². The first kappa shape index (κ1) is 17.0. The Morgan fingerprint density at radius 2 is 1.70 bits per heavy atom. The van der Waals surface area contributed by atoms with Crippen LogP contribution in [0.15, 0.2) is 54.6 Å². The van der Waals surface area contributed by atoms with Crippen LogP contribution in [0.25, 0.3) is 0 Å². The molecule has 0 bridgehead atoms. The zero-order valence-corrected chi connectivity index (χ0v) is 13.4. The molecule has 0 spiro atoms. The quantitative estimate of drug-likeness (QED) is 0.795. The molecule has 0 aliphatic carbocycles. The van der Waals surface area contributed by atoms with Gasteiger partial charge in [-0.25, -0.2) is 4.79 Å². The van der Waals surface area contributed by atoms with E-state index in [0.717, 1.165) is 11.3 Å². The predicted molar refractivity (Wildman–Crippen MR) is 88.9 cm³/mol. The average molecular weight is 314 g/mol. The Labute approximate surface area is 136 Å². The number of carbonyl (C=O) groups is 1. The molecule has 1 N–H and O–H groups in total. The third kappa shape index (κ3) is 5.42. The summed E-state index contributed by atoms with van der Waals surface area (Å²) in [6, 6.07) is 16.9. The van der Waals surface area contributed by atoms with Crippen molar-refractivity contribution in [1.82, 2.24) is 0 Å². The van der Waals surface area contributed by atoms with Crippen LogP contribution in [0.1, 0.15) is 19.4 Å². The van der Waals surface area contributed by atoms with Crippen molar-refractivity contribution in [2.45, 2.75) is 26.4 Å². The minimum atomic E-state index is -0.958. The third-order valence-corrected chi connectivity index (χ3v) is 3.26. The zero-order valence-electron chi connectivity index (χ0n) is 13.4. The van der Waals surface area contributed by atoms with Gasteiger partial charge in [0, 0.05) is 6.42 Å². The van der Waals surface area contributed by atoms with E-state index in [1.54, 1.807) is 0 Å². The molecule has 0 heterocycles. The number of carboxylic acids is 1. The summed E-state index contributed by atoms with van der Waals surface area (Å²) < 4.78 is 11.4. The summed E-state index contributed by atoms with van der Waals surface area (Å²) in [5.74, 6) is 0.695. The van der Waals surface area contributed by atoms with E-state index in [9.17, 15) is 9.90 Å². The topological polar surface area (TPSA) is 55.8 Å². The smallest absolute Gasteiger partial charge is 0.333 e. The number of aliphatic carboxylic acids is 1. The van der Waals surface area contributed by atoms with Crippen LogP contribution in [-0.2, 0) is 16.0 Å². The van der Waals surface area contributed by atoms with Gasteiger partial charge in [-0.2, -0.15) is 0 Å². The van der Waals surface area contributed by atoms with Crippen molar-refractivity contribution in [2.75, 3.05) is 6.61 Å². The molecule has 0 saturated heterocycles. The summed E-state index contributed by atoms with van der Waals surface area (Å²) in [6.45, 7) is 4.40. The van der Waals surface area contributed by atoms with Crippen LogP contribution >= 0.6 is 0 Å². The van der Waals surface area contributed by atoms with Crippen LogP contribution in [0.4, 0.5) is 0 Å². The lowest BCUT2D eigenvalue weighted by molar-refractivity contribution is -0.150. The van der Waals surface area contributed by atoms with Crippen molar-refractivity contribution in [1.29, 1.82) is 0 Å². The standard InChI is InChI=1S/C19H22O4/c1-14(2)13-22-18(19(20)21)12-15-8-6-7-11-17(15)23-16-9-4-3-5-10-16/h3-11,14,18H,12-13H2,1-2H3,(H,20,21)/t18-/m1/s1. The Balaban J connectivity index is 2.13. The maximum Gasteiger partial charge on any atom is 0.333 e. The summed E-state index contributed by atoms with van der Waals surface area (Å²) in [5, 5.41) is 9.36. The normalized spacial score (nSPS) is 12.1. The Hall–Kier alpha value is -2.33. The second kappa shape index (κ2) is 8.34. The first-order chi connectivity index (χ1) is 11.1. The van der Waals surface area contributed by atoms with Crippen molar-refractivity contribution < 1.29 is 19.4 Å². The predicted octanol–water partition coefficient (Wildman–Crippen LogP) is 4.15. The van der Waals surface area contributed by atoms with Gasteiger partial charge in [-0.1, -0.05) is 50.2 Å². The highest BCUT2D eigenvalue weighted by atomic mass is 16.5. The molecule has 0 aromatic heterocycles. The van der Waals surface area contributed by atoms with E-state index in [-0.39, 0.29) is 12.3 Å². The molecule has 0 aliphatic heterocycles. The lowest BCUT2D eigenvalue weighted by Gasteiger charge is -2.17. The van der Waals surface area contributed by atoms with Crippen molar-refractivity contribution in [3.05, 3.63) is 60.2 Å². The molecule has 2 aromatic rings. The molecule has 0 aliphatic rings. The molecule has 0 saturated carbocycles. The average Bonchev–Trinajstić information content (AvgIpc) is 2.53. The molecular formula is C19H22O4. The fourth-order valence-corrected chi connectivity index (χ4v) is 2.11. The van der Waals surface area contributed by atoms with E-state index in [1.807, 2.05) is 68.4 Å². The minimum absolute atomic E-state index is 0.269. The summed E-state index contributed by atoms with van der Waals surface area (Å²) in [7, 11) is 0. The van der Waals surface area contributed by atoms with Crippen molar-refractivity contribution in [3.63, 3.8) is 0 Å². The highest BCUT2D eigenvalue weighted by molar-refractivity contribution is 5.73. The molecule has 2 aromatic carbocycles. The highest BCUT2D eigenvalue weighted by Crippen LogP contribution is 2.26. The van der Waals surface area contributed by atoms with Gasteiger partial charge in [0.1, 0.15) is 11.5 Å². The van der Waals surface area contributed by atoms with E-state index >= 15 is 0 Å². The van der Waals surface area contributed by atoms with Crippen molar-refractivity contribution >= 4 is 5.97 Å². The van der Waals surface area contributed by atoms with Gasteiger partial charge in [-0.3, -0.25) is 0 Å². The summed E-state index contributed by atoms with van der Waals surface area (Å²) in [5.41, 5.74) is 0.813. The Morgan fingerprint density at radius 3 is 2.35 bits per heavy atom. The molecule has 4 nitrogen and oxygen atoms in total. The van der Waals surface area contributed by atoms with Crippen LogP contribution in [0.2, 0.25) is 0 Å². The number of hydrogen-bond donors (Lipinski definition) is 1. The molecule has 0 amide bonds. The van der Waals surface area contributed by atoms with Crippen LogP contribution in [0, 0.1) is 5.92 Å². The largest absolute Gasteiger partial charge is 0.479 e. The molecule has 23 heavy (non-hydrogen) atoms. The van der Waals surface area contributed by atoms with Crippen LogP contribution in [0.5, 0.6) is 11.5 Å². The van der Waals surface area contributed by atoms with Gasteiger partial charge in [-0.05, 0) is 29.7 Å². The maximum atomic E-state index is 11.4. The second-order valence-electron chi connectivity index (χ2n) is 5.78. The fraction of sp³-hybridized carbons (Fsp3) is 0.316. The van der Waals surface area contributed by atoms with Gasteiger partial charge in [0.25, 0.3) is 0 Å². The number of ether oxygens (including phenoxy) is 2. The molecule has 0 radical (unpaired) electrons. The monoisotopic (exact) mass is 314 g/mol. The van der Waals surface area contributed by atoms with E-state index < -0.39 is 12.1 Å². The Bertz CT molecular complexity index is 622. The van der Waals surface area contributed by atoms with Gasteiger partial charge in [0.15, 0.2) is 6.10 Å². The number of para-hydroxylation sites is 2. The summed E-state index contributed by atoms with van der Waals surface area (Å²) in [6.07, 6.45) is -0.608. The second-order valence-corrected chi connectivity index (χ2v) is 5.78. The fourth-order valence-electron chi connectivity index (χ4n) is 2.11. The lowest BCUT2D eigenvalue weighted by Crippen LogP contribution is -2.28. The SMILES string of the molecule is CC(C)CO[C@H](Cc1ccccc1Oc1ccccc1)C(=O)O. The van der Waals surface area contributed by atoms with E-state index in [0.29, 0.717) is 12.4 Å². The van der Waals surface area contributed by atoms with Crippen molar-refractivity contribution in [2.24, 2.45) is 5.92 Å². The number of carboxylic acid groups (broad SMARTS) is 1. The van der Waals surface area contributed by atoms with Gasteiger partial charge in [0.2, 0.25) is 0 Å². The van der Waals surface area contributed by atoms with Gasteiger partial charge < -0.3 is 14.6 Å². The number of benzene rings is 2. The number of hydrogen-bond acceptors (Lipinski definition) is 3. The molecule has 122 valence electrons. The number of rotatable bonds is 8. The van der Waals surface area contributed by atoms with E-state index in [4.69, 9.17) is 9.47 Å². The van der Waals surface area contributed by atoms with Gasteiger partial charge in [-0.15, -0.1) is 0 Å². The summed E-state index contributed by atoms with van der Waals surface area (Å²) >= 11 is 0. The molecule has 0 fully saturated rings. The zero-order chi connectivity index (χ0) is 16.7. The highest BCUT2D eigenvalue weighted by Gasteiger charge is 2.21. The third-order valence-electron chi connectivity index (χ3n) is 3.26. The maximum absolute atomic E-state index is 11.4. The molecule has 1 atom stereocenters. The Morgan fingerprint density at radius 1 is 1.04 bits per heavy atom. The van der Waals surface area contributed by atoms with Crippen LogP contribution < -0.4 is 4.74 Å². The minimum Gasteiger partial charge on any atom is -0.479 e. The van der Waals surface area contributed by atoms with Gasteiger partial charge in [0.05, 0.1) is 6.61 Å². The van der Waals surface area contributed by atoms with E-state index in [1.165, 1.54) is 0 Å². The molecule has 0 unspecified atom stereocenters. The molecule has 4 heteroatoms. The van der Waals surface area contributed by atoms with E-state index in [2.05, 4.69) is 0 Å². The Kier molecular flexibility index (Phi) is 6.18. The molecular weight excluding hydrogens is 292 g/mol. The molecule has 2 rings (SSSR count). The summed E-state index contributed by atoms with van der Waals surface area (Å²) in [4.78, 5) is 11.4. The van der Waals surface area contributed by atoms with Crippen LogP contribution in [-0.4, -0.2) is 23.8 Å². The lowest BCUT2D eigenvalue weighted by atomic mass is 10.1. The van der Waals surface area contributed by atoms with Gasteiger partial charge >= 0.3 is 5.97 Å². The first-order valence-electron chi connectivity index (χ1n) is 7.71. The first-order valence-corrected chi connectivity index (χ1v) is 7.71. The van der Waals surface area contributed by atoms with Crippen LogP contribution in [0.3, 0.4) is 0 Å².